The molecule has 0 aliphatic carbocycles. The highest BCUT2D eigenvalue weighted by molar-refractivity contribution is 5.67. The van der Waals surface area contributed by atoms with Gasteiger partial charge in [0.05, 0.1) is 0 Å². The Kier molecular flexibility index (Phi) is 2.26. The Labute approximate surface area is 100 Å². The summed E-state index contributed by atoms with van der Waals surface area (Å²) >= 11 is 0. The number of nitrogens with zero attached hydrogens (tertiary/aromatic N) is 1. The van der Waals surface area contributed by atoms with Crippen LogP contribution >= 0.6 is 0 Å². The molecule has 1 N–H and O–H groups in total. The second-order valence-corrected chi connectivity index (χ2v) is 3.94. The normalized spacial score (nSPS) is 11.0. The fourth-order valence-electron chi connectivity index (χ4n) is 1.94. The summed E-state index contributed by atoms with van der Waals surface area (Å²) in [5.41, 5.74) is 0.609. The number of hydrogen-bond acceptors (Lipinski definition) is 1. The molecule has 90 valence electrons. The summed E-state index contributed by atoms with van der Waals surface area (Å²) in [5, 5.41) is 2.85. The number of halogens is 2. The summed E-state index contributed by atoms with van der Waals surface area (Å²) in [6.07, 6.45) is 3.12. The molecule has 18 heavy (non-hydrogen) atoms. The number of rotatable bonds is 1. The second-order valence-electron chi connectivity index (χ2n) is 3.94. The summed E-state index contributed by atoms with van der Waals surface area (Å²) in [7, 11) is 0. The van der Waals surface area contributed by atoms with Crippen LogP contribution in [-0.2, 0) is 0 Å². The van der Waals surface area contributed by atoms with Crippen LogP contribution in [0.25, 0.3) is 16.6 Å². The Morgan fingerprint density at radius 1 is 1.11 bits per heavy atom. The summed E-state index contributed by atoms with van der Waals surface area (Å²) < 4.78 is 27.8. The fourth-order valence-corrected chi connectivity index (χ4v) is 1.94. The molecule has 0 saturated heterocycles. The van der Waals surface area contributed by atoms with Crippen LogP contribution in [0, 0.1) is 11.6 Å². The molecule has 2 heterocycles. The minimum Gasteiger partial charge on any atom is -0.301 e. The maximum Gasteiger partial charge on any atom is 0.213 e. The predicted molar refractivity (Wildman–Crippen MR) is 63.4 cm³/mol. The first-order valence-electron chi connectivity index (χ1n) is 5.30. The van der Waals surface area contributed by atoms with Crippen molar-refractivity contribution >= 4 is 5.52 Å². The van der Waals surface area contributed by atoms with E-state index in [1.807, 2.05) is 0 Å². The minimum atomic E-state index is -0.709. The molecular weight excluding hydrogens is 238 g/mol. The van der Waals surface area contributed by atoms with Gasteiger partial charge in [0.15, 0.2) is 0 Å². The average molecular weight is 246 g/mol. The molecule has 0 bridgehead atoms. The van der Waals surface area contributed by atoms with Crippen molar-refractivity contribution in [2.75, 3.05) is 0 Å². The van der Waals surface area contributed by atoms with Gasteiger partial charge in [-0.15, -0.1) is 0 Å². The Bertz CT molecular complexity index is 769. The van der Waals surface area contributed by atoms with Crippen molar-refractivity contribution in [2.24, 2.45) is 0 Å². The van der Waals surface area contributed by atoms with Gasteiger partial charge in [-0.3, -0.25) is 9.31 Å². The van der Waals surface area contributed by atoms with Gasteiger partial charge in [0.25, 0.3) is 0 Å². The van der Waals surface area contributed by atoms with Crippen molar-refractivity contribution < 1.29 is 8.78 Å². The highest BCUT2D eigenvalue weighted by atomic mass is 19.1. The van der Waals surface area contributed by atoms with E-state index in [0.29, 0.717) is 5.52 Å². The number of hydrogen-bond donors (Lipinski definition) is 1. The molecule has 0 aliphatic heterocycles. The number of nitrogens with one attached hydrogen (secondary N) is 1. The van der Waals surface area contributed by atoms with Gasteiger partial charge in [0, 0.05) is 24.0 Å². The summed E-state index contributed by atoms with van der Waals surface area (Å²) in [5.74, 6) is -1.42. The predicted octanol–water partition coefficient (Wildman–Crippen LogP) is 2.57. The van der Waals surface area contributed by atoms with E-state index in [0.717, 1.165) is 18.2 Å². The SMILES string of the molecule is O=c1c(-c2cc(F)cc(F)c2)c[nH]n2cccc12. The van der Waals surface area contributed by atoms with E-state index in [1.54, 1.807) is 22.8 Å². The molecule has 0 aliphatic rings. The second kappa shape index (κ2) is 3.80. The van der Waals surface area contributed by atoms with Gasteiger partial charge in [-0.1, -0.05) is 0 Å². The van der Waals surface area contributed by atoms with Gasteiger partial charge in [-0.25, -0.2) is 8.78 Å². The lowest BCUT2D eigenvalue weighted by Crippen LogP contribution is -2.09. The van der Waals surface area contributed by atoms with Crippen LogP contribution in [0.1, 0.15) is 0 Å². The number of benzene rings is 1. The van der Waals surface area contributed by atoms with Gasteiger partial charge < -0.3 is 5.10 Å². The molecule has 1 aromatic carbocycles. The van der Waals surface area contributed by atoms with Crippen molar-refractivity contribution in [1.82, 2.24) is 9.61 Å². The summed E-state index contributed by atoms with van der Waals surface area (Å²) in [6.45, 7) is 0. The monoisotopic (exact) mass is 246 g/mol. The van der Waals surface area contributed by atoms with Crippen molar-refractivity contribution in [1.29, 1.82) is 0 Å². The molecular formula is C13H8F2N2O. The molecule has 5 heteroatoms. The topological polar surface area (TPSA) is 37.3 Å². The third-order valence-corrected chi connectivity index (χ3v) is 2.75. The van der Waals surface area contributed by atoms with Crippen LogP contribution in [0.2, 0.25) is 0 Å². The van der Waals surface area contributed by atoms with Crippen LogP contribution in [0.15, 0.2) is 47.5 Å². The Morgan fingerprint density at radius 2 is 1.83 bits per heavy atom. The Morgan fingerprint density at radius 3 is 2.56 bits per heavy atom. The Hall–Kier alpha value is -2.43. The molecule has 0 amide bonds. The molecule has 3 nitrogen and oxygen atoms in total. The molecule has 0 spiro atoms. The highest BCUT2D eigenvalue weighted by Gasteiger charge is 2.09. The maximum absolute atomic E-state index is 13.1. The van der Waals surface area contributed by atoms with E-state index in [9.17, 15) is 13.6 Å². The van der Waals surface area contributed by atoms with Crippen molar-refractivity contribution in [3.63, 3.8) is 0 Å². The minimum absolute atomic E-state index is 0.220. The van der Waals surface area contributed by atoms with E-state index in [1.165, 1.54) is 6.20 Å². The van der Waals surface area contributed by atoms with Gasteiger partial charge in [0.1, 0.15) is 17.2 Å². The number of fused-ring (bicyclic) bond motifs is 1. The fraction of sp³-hybridized carbons (Fsp3) is 0. The van der Waals surface area contributed by atoms with Gasteiger partial charge in [-0.2, -0.15) is 0 Å². The third kappa shape index (κ3) is 1.60. The lowest BCUT2D eigenvalue weighted by Gasteiger charge is -2.03. The maximum atomic E-state index is 13.1. The highest BCUT2D eigenvalue weighted by Crippen LogP contribution is 2.18. The van der Waals surface area contributed by atoms with Gasteiger partial charge >= 0.3 is 0 Å². The first kappa shape index (κ1) is 10.7. The van der Waals surface area contributed by atoms with Crippen LogP contribution < -0.4 is 5.43 Å². The van der Waals surface area contributed by atoms with E-state index >= 15 is 0 Å². The molecule has 0 saturated carbocycles. The lowest BCUT2D eigenvalue weighted by molar-refractivity contribution is 0.584. The average Bonchev–Trinajstić information content (AvgIpc) is 2.77. The van der Waals surface area contributed by atoms with Crippen molar-refractivity contribution in [3.05, 3.63) is 64.6 Å². The zero-order valence-corrected chi connectivity index (χ0v) is 9.15. The van der Waals surface area contributed by atoms with E-state index < -0.39 is 11.6 Å². The van der Waals surface area contributed by atoms with Crippen molar-refractivity contribution in [2.45, 2.75) is 0 Å². The molecule has 0 radical (unpaired) electrons. The quantitative estimate of drug-likeness (QED) is 0.704. The molecule has 0 fully saturated rings. The standard InChI is InChI=1S/C13H8F2N2O/c14-9-4-8(5-10(15)6-9)11-7-16-17-3-1-2-12(17)13(11)18/h1-7,16H. The Balaban J connectivity index is 2.31. The van der Waals surface area contributed by atoms with Crippen molar-refractivity contribution in [3.8, 4) is 11.1 Å². The smallest absolute Gasteiger partial charge is 0.213 e. The van der Waals surface area contributed by atoms with Gasteiger partial charge in [0.2, 0.25) is 5.43 Å². The van der Waals surface area contributed by atoms with Crippen LogP contribution in [0.5, 0.6) is 0 Å². The zero-order chi connectivity index (χ0) is 12.7. The molecule has 2 aromatic heterocycles. The van der Waals surface area contributed by atoms with Crippen LogP contribution in [0.3, 0.4) is 0 Å². The number of aromatic amines is 1. The largest absolute Gasteiger partial charge is 0.301 e. The zero-order valence-electron chi connectivity index (χ0n) is 9.15. The molecule has 0 atom stereocenters. The number of aromatic nitrogens is 2. The van der Waals surface area contributed by atoms with Gasteiger partial charge in [-0.05, 0) is 29.8 Å². The first-order chi connectivity index (χ1) is 8.65. The first-order valence-corrected chi connectivity index (χ1v) is 5.30. The third-order valence-electron chi connectivity index (χ3n) is 2.75. The number of H-pyrrole nitrogens is 1. The van der Waals surface area contributed by atoms with E-state index in [-0.39, 0.29) is 16.6 Å². The van der Waals surface area contributed by atoms with Crippen LogP contribution in [-0.4, -0.2) is 9.61 Å². The van der Waals surface area contributed by atoms with Crippen LogP contribution in [0.4, 0.5) is 8.78 Å². The summed E-state index contributed by atoms with van der Waals surface area (Å²) in [4.78, 5) is 12.1. The lowest BCUT2D eigenvalue weighted by atomic mass is 10.1. The van der Waals surface area contributed by atoms with E-state index in [4.69, 9.17) is 0 Å². The molecule has 3 rings (SSSR count). The summed E-state index contributed by atoms with van der Waals surface area (Å²) in [6, 6.07) is 6.38. The molecule has 3 aromatic rings. The van der Waals surface area contributed by atoms with E-state index in [2.05, 4.69) is 5.10 Å². The molecule has 0 unspecified atom stereocenters.